The van der Waals surface area contributed by atoms with Gasteiger partial charge in [-0.15, -0.1) is 0 Å². The maximum Gasteiger partial charge on any atom is 0.0654 e. The minimum absolute atomic E-state index is 0.865. The summed E-state index contributed by atoms with van der Waals surface area (Å²) in [7, 11) is 0. The summed E-state index contributed by atoms with van der Waals surface area (Å²) in [6.07, 6.45) is 9.09. The van der Waals surface area contributed by atoms with Crippen molar-refractivity contribution in [2.45, 2.75) is 6.42 Å². The second-order valence-corrected chi connectivity index (χ2v) is 3.50. The van der Waals surface area contributed by atoms with Gasteiger partial charge in [0.25, 0.3) is 0 Å². The van der Waals surface area contributed by atoms with Crippen molar-refractivity contribution in [1.29, 1.82) is 0 Å². The van der Waals surface area contributed by atoms with Gasteiger partial charge in [0, 0.05) is 22.4 Å². The fourth-order valence-electron chi connectivity index (χ4n) is 2.01. The molecule has 2 aromatic rings. The Labute approximate surface area is 81.3 Å². The maximum atomic E-state index is 4.22. The third kappa shape index (κ3) is 0.880. The van der Waals surface area contributed by atoms with Gasteiger partial charge in [-0.05, 0) is 24.1 Å². The van der Waals surface area contributed by atoms with Gasteiger partial charge in [-0.3, -0.25) is 4.98 Å². The van der Waals surface area contributed by atoms with Crippen molar-refractivity contribution in [3.05, 3.63) is 40.7 Å². The van der Waals surface area contributed by atoms with Crippen LogP contribution in [0.3, 0.4) is 0 Å². The summed E-state index contributed by atoms with van der Waals surface area (Å²) >= 11 is 0. The Kier molecular flexibility index (Phi) is 1.39. The summed E-state index contributed by atoms with van der Waals surface area (Å²) in [5.74, 6) is 0. The van der Waals surface area contributed by atoms with Crippen molar-refractivity contribution in [3.8, 4) is 0 Å². The number of allylic oxidation sites excluding steroid dienone is 2. The first-order chi connectivity index (χ1) is 6.86. The van der Waals surface area contributed by atoms with Crippen LogP contribution in [0.2, 0.25) is 0 Å². The van der Waals surface area contributed by atoms with Crippen molar-refractivity contribution in [3.63, 3.8) is 0 Å². The van der Waals surface area contributed by atoms with E-state index in [2.05, 4.69) is 34.8 Å². The zero-order valence-corrected chi connectivity index (χ0v) is 7.75. The molecule has 0 spiro atoms. The molecule has 0 atom stereocenters. The summed E-state index contributed by atoms with van der Waals surface area (Å²) in [5, 5.41) is 3.24. The molecule has 2 nitrogen and oxygen atoms in total. The molecule has 68 valence electrons. The number of nitrogens with one attached hydrogen (secondary N) is 1. The third-order valence-corrected chi connectivity index (χ3v) is 2.65. The van der Waals surface area contributed by atoms with Gasteiger partial charge in [0.2, 0.25) is 0 Å². The lowest BCUT2D eigenvalue weighted by molar-refractivity contribution is 1.21. The van der Waals surface area contributed by atoms with E-state index in [0.29, 0.717) is 0 Å². The number of rotatable bonds is 0. The highest BCUT2D eigenvalue weighted by molar-refractivity contribution is 5.84. The fourth-order valence-corrected chi connectivity index (χ4v) is 2.01. The monoisotopic (exact) mass is 182 g/mol. The lowest BCUT2D eigenvalue weighted by atomic mass is 10.1. The zero-order valence-electron chi connectivity index (χ0n) is 7.75. The number of fused-ring (bicyclic) bond motifs is 3. The van der Waals surface area contributed by atoms with Gasteiger partial charge in [0.1, 0.15) is 0 Å². The molecule has 0 bridgehead atoms. The molecule has 0 unspecified atom stereocenters. The van der Waals surface area contributed by atoms with Gasteiger partial charge in [-0.2, -0.15) is 0 Å². The number of nitrogens with zero attached hydrogens (tertiary/aromatic N) is 1. The lowest BCUT2D eigenvalue weighted by Crippen LogP contribution is -2.11. The van der Waals surface area contributed by atoms with Gasteiger partial charge >= 0.3 is 0 Å². The van der Waals surface area contributed by atoms with Crippen LogP contribution < -0.4 is 10.7 Å². The van der Waals surface area contributed by atoms with Crippen LogP contribution in [0.5, 0.6) is 0 Å². The van der Waals surface area contributed by atoms with Crippen molar-refractivity contribution in [2.24, 2.45) is 0 Å². The molecule has 0 aromatic carbocycles. The minimum atomic E-state index is 0.865. The van der Waals surface area contributed by atoms with Crippen molar-refractivity contribution in [1.82, 2.24) is 9.97 Å². The molecule has 0 aliphatic heterocycles. The van der Waals surface area contributed by atoms with Crippen molar-refractivity contribution in [2.75, 3.05) is 0 Å². The van der Waals surface area contributed by atoms with Gasteiger partial charge in [0.05, 0.1) is 5.35 Å². The summed E-state index contributed by atoms with van der Waals surface area (Å²) in [6, 6.07) is 2.00. The van der Waals surface area contributed by atoms with E-state index in [1.54, 1.807) is 6.20 Å². The van der Waals surface area contributed by atoms with Crippen LogP contribution in [0.4, 0.5) is 0 Å². The first-order valence-electron chi connectivity index (χ1n) is 4.67. The van der Waals surface area contributed by atoms with Crippen molar-refractivity contribution < 1.29 is 0 Å². The predicted octanol–water partition coefficient (Wildman–Crippen LogP) is 0.866. The molecule has 0 radical (unpaired) electrons. The number of hydrogen-bond acceptors (Lipinski definition) is 1. The van der Waals surface area contributed by atoms with E-state index in [1.807, 2.05) is 6.07 Å². The van der Waals surface area contributed by atoms with Crippen LogP contribution >= 0.6 is 0 Å². The normalized spacial score (nSPS) is 14.0. The highest BCUT2D eigenvalue weighted by Gasteiger charge is 2.07. The largest absolute Gasteiger partial charge is 0.355 e. The maximum absolute atomic E-state index is 4.22. The van der Waals surface area contributed by atoms with Crippen LogP contribution in [0, 0.1) is 0 Å². The minimum Gasteiger partial charge on any atom is -0.355 e. The molecular weight excluding hydrogens is 172 g/mol. The Morgan fingerprint density at radius 3 is 3.29 bits per heavy atom. The molecule has 1 aliphatic rings. The number of aromatic amines is 1. The smallest absolute Gasteiger partial charge is 0.0654 e. The van der Waals surface area contributed by atoms with Crippen LogP contribution in [0.1, 0.15) is 5.56 Å². The van der Waals surface area contributed by atoms with Gasteiger partial charge in [0.15, 0.2) is 0 Å². The standard InChI is InChI=1S/C12H10N2/c1-8-12-9-4-2-3-5-10(9)14-11(12)6-7-13-8/h2-3,5-7,14H,1,4H2. The summed E-state index contributed by atoms with van der Waals surface area (Å²) in [5.41, 5.74) is 2.45. The molecule has 14 heavy (non-hydrogen) atoms. The molecule has 0 fully saturated rings. The Hall–Kier alpha value is -1.83. The van der Waals surface area contributed by atoms with E-state index in [9.17, 15) is 0 Å². The van der Waals surface area contributed by atoms with Crippen molar-refractivity contribution >= 4 is 23.6 Å². The molecule has 1 N–H and O–H groups in total. The first kappa shape index (κ1) is 7.56. The average Bonchev–Trinajstić information content (AvgIpc) is 2.57. The number of hydrogen-bond donors (Lipinski definition) is 1. The number of H-pyrrole nitrogens is 1. The van der Waals surface area contributed by atoms with E-state index in [4.69, 9.17) is 0 Å². The SMILES string of the molecule is C=c1nccc2[nH]c3c(c12)CC=CC=3. The van der Waals surface area contributed by atoms with Crippen LogP contribution in [-0.4, -0.2) is 9.97 Å². The summed E-state index contributed by atoms with van der Waals surface area (Å²) in [6.45, 7) is 3.96. The molecular formula is C12H10N2. The highest BCUT2D eigenvalue weighted by atomic mass is 14.7. The first-order valence-corrected chi connectivity index (χ1v) is 4.67. The van der Waals surface area contributed by atoms with E-state index in [0.717, 1.165) is 17.3 Å². The molecule has 2 heteroatoms. The Bertz CT molecular complexity index is 632. The Balaban J connectivity index is 2.60. The molecule has 3 rings (SSSR count). The molecule has 2 heterocycles. The molecule has 0 amide bonds. The topological polar surface area (TPSA) is 28.7 Å². The van der Waals surface area contributed by atoms with Crippen LogP contribution in [0.25, 0.3) is 23.6 Å². The fraction of sp³-hybridized carbons (Fsp3) is 0.0833. The van der Waals surface area contributed by atoms with Gasteiger partial charge < -0.3 is 4.98 Å². The number of aromatic nitrogens is 2. The predicted molar refractivity (Wildman–Crippen MR) is 58.2 cm³/mol. The molecule has 0 saturated heterocycles. The summed E-state index contributed by atoms with van der Waals surface area (Å²) in [4.78, 5) is 7.59. The molecule has 2 aromatic heterocycles. The highest BCUT2D eigenvalue weighted by Crippen LogP contribution is 2.11. The van der Waals surface area contributed by atoms with E-state index < -0.39 is 0 Å². The molecule has 1 aliphatic carbocycles. The Morgan fingerprint density at radius 1 is 1.43 bits per heavy atom. The number of pyridine rings is 1. The molecule has 0 saturated carbocycles. The van der Waals surface area contributed by atoms with E-state index in [-0.39, 0.29) is 0 Å². The second kappa shape index (κ2) is 2.58. The summed E-state index contributed by atoms with van der Waals surface area (Å²) < 4.78 is 0. The third-order valence-electron chi connectivity index (χ3n) is 2.65. The zero-order chi connectivity index (χ0) is 9.54. The van der Waals surface area contributed by atoms with Crippen LogP contribution in [-0.2, 0) is 6.42 Å². The van der Waals surface area contributed by atoms with Crippen LogP contribution in [0.15, 0.2) is 24.4 Å². The van der Waals surface area contributed by atoms with Gasteiger partial charge in [-0.1, -0.05) is 18.7 Å². The van der Waals surface area contributed by atoms with E-state index in [1.165, 1.54) is 16.3 Å². The second-order valence-electron chi connectivity index (χ2n) is 3.50. The quantitative estimate of drug-likeness (QED) is 0.643. The lowest BCUT2D eigenvalue weighted by Gasteiger charge is -1.97. The average molecular weight is 182 g/mol. The van der Waals surface area contributed by atoms with Gasteiger partial charge in [-0.25, -0.2) is 0 Å². The van der Waals surface area contributed by atoms with E-state index >= 15 is 0 Å². The Morgan fingerprint density at radius 2 is 2.36 bits per heavy atom.